The van der Waals surface area contributed by atoms with Gasteiger partial charge in [-0.1, -0.05) is 42.5 Å². The number of aryl methyl sites for hydroxylation is 1. The van der Waals surface area contributed by atoms with E-state index in [2.05, 4.69) is 12.1 Å². The Morgan fingerprint density at radius 1 is 1.00 bits per heavy atom. The van der Waals surface area contributed by atoms with E-state index >= 15 is 0 Å². The average Bonchev–Trinajstić information content (AvgIpc) is 2.79. The lowest BCUT2D eigenvalue weighted by molar-refractivity contribution is -0.159. The molecule has 1 aliphatic rings. The topological polar surface area (TPSA) is 63.7 Å². The summed E-state index contributed by atoms with van der Waals surface area (Å²) in [6.45, 7) is 4.64. The van der Waals surface area contributed by atoms with Crippen LogP contribution in [0.15, 0.2) is 54.6 Å². The van der Waals surface area contributed by atoms with Crippen LogP contribution in [0.25, 0.3) is 0 Å². The third-order valence-corrected chi connectivity index (χ3v) is 6.07. The molecule has 31 heavy (non-hydrogen) atoms. The van der Waals surface area contributed by atoms with E-state index in [0.29, 0.717) is 37.2 Å². The summed E-state index contributed by atoms with van der Waals surface area (Å²) >= 11 is 0. The predicted octanol–water partition coefficient (Wildman–Crippen LogP) is 4.70. The fourth-order valence-corrected chi connectivity index (χ4v) is 4.37. The number of esters is 1. The molecule has 0 aliphatic carbocycles. The molecule has 1 amide bonds. The average molecular weight is 422 g/mol. The zero-order valence-corrected chi connectivity index (χ0v) is 18.4. The number of carbonyl (C=O) groups is 3. The summed E-state index contributed by atoms with van der Waals surface area (Å²) in [4.78, 5) is 39.4. The third-order valence-electron chi connectivity index (χ3n) is 6.07. The SMILES string of the molecule is CCOC(=O)[C@]1(CCCc2ccccc2)CCCN(C(=O)c2ccc(C(C)=O)cc2)C1. The first-order chi connectivity index (χ1) is 14.9. The summed E-state index contributed by atoms with van der Waals surface area (Å²) in [6, 6.07) is 17.0. The van der Waals surface area contributed by atoms with Gasteiger partial charge in [0.15, 0.2) is 5.78 Å². The van der Waals surface area contributed by atoms with Crippen molar-refractivity contribution < 1.29 is 19.1 Å². The van der Waals surface area contributed by atoms with E-state index in [-0.39, 0.29) is 17.7 Å². The van der Waals surface area contributed by atoms with Crippen LogP contribution >= 0.6 is 0 Å². The standard InChI is InChI=1S/C26H31NO4/c1-3-31-25(30)26(16-7-11-21-9-5-4-6-10-21)17-8-18-27(19-26)24(29)23-14-12-22(13-15-23)20(2)28/h4-6,9-10,12-15H,3,7-8,11,16-19H2,1-2H3/t26-/m1/s1. The van der Waals surface area contributed by atoms with E-state index in [9.17, 15) is 14.4 Å². The van der Waals surface area contributed by atoms with Crippen molar-refractivity contribution in [3.05, 3.63) is 71.3 Å². The predicted molar refractivity (Wildman–Crippen MR) is 120 cm³/mol. The van der Waals surface area contributed by atoms with Crippen molar-refractivity contribution in [2.24, 2.45) is 5.41 Å². The molecule has 164 valence electrons. The molecule has 0 spiro atoms. The molecule has 3 rings (SSSR count). The van der Waals surface area contributed by atoms with Gasteiger partial charge in [-0.15, -0.1) is 0 Å². The van der Waals surface area contributed by atoms with Crippen molar-refractivity contribution >= 4 is 17.7 Å². The summed E-state index contributed by atoms with van der Waals surface area (Å²) in [7, 11) is 0. The molecule has 5 nitrogen and oxygen atoms in total. The maximum atomic E-state index is 13.1. The van der Waals surface area contributed by atoms with Crippen molar-refractivity contribution in [1.29, 1.82) is 0 Å². The normalized spacial score (nSPS) is 18.5. The Bertz CT molecular complexity index is 907. The van der Waals surface area contributed by atoms with E-state index in [1.54, 1.807) is 29.2 Å². The number of amides is 1. The van der Waals surface area contributed by atoms with Gasteiger partial charge in [0, 0.05) is 24.2 Å². The lowest BCUT2D eigenvalue weighted by atomic mass is 9.75. The molecule has 0 saturated carbocycles. The van der Waals surface area contributed by atoms with Gasteiger partial charge in [0.1, 0.15) is 0 Å². The summed E-state index contributed by atoms with van der Waals surface area (Å²) in [5.41, 5.74) is 1.69. The lowest BCUT2D eigenvalue weighted by Gasteiger charge is -2.41. The number of Topliss-reactive ketones (excluding diaryl/α,β-unsaturated/α-hetero) is 1. The quantitative estimate of drug-likeness (QED) is 0.458. The Morgan fingerprint density at radius 3 is 2.32 bits per heavy atom. The first kappa shape index (κ1) is 22.7. The minimum absolute atomic E-state index is 0.0308. The van der Waals surface area contributed by atoms with E-state index in [1.165, 1.54) is 12.5 Å². The highest BCUT2D eigenvalue weighted by molar-refractivity contribution is 5.98. The van der Waals surface area contributed by atoms with E-state index in [4.69, 9.17) is 4.74 Å². The van der Waals surface area contributed by atoms with Crippen molar-refractivity contribution in [3.63, 3.8) is 0 Å². The number of rotatable bonds is 8. The fourth-order valence-electron chi connectivity index (χ4n) is 4.37. The van der Waals surface area contributed by atoms with Gasteiger partial charge in [-0.2, -0.15) is 0 Å². The molecule has 0 N–H and O–H groups in total. The van der Waals surface area contributed by atoms with E-state index in [1.807, 2.05) is 25.1 Å². The molecular formula is C26H31NO4. The van der Waals surface area contributed by atoms with Crippen LogP contribution in [-0.4, -0.2) is 42.3 Å². The van der Waals surface area contributed by atoms with Gasteiger partial charge in [-0.3, -0.25) is 14.4 Å². The minimum atomic E-state index is -0.669. The van der Waals surface area contributed by atoms with Gasteiger partial charge >= 0.3 is 5.97 Å². The highest BCUT2D eigenvalue weighted by Gasteiger charge is 2.44. The lowest BCUT2D eigenvalue weighted by Crippen LogP contribution is -2.50. The van der Waals surface area contributed by atoms with Crippen LogP contribution < -0.4 is 0 Å². The number of piperidine rings is 1. The molecular weight excluding hydrogens is 390 g/mol. The minimum Gasteiger partial charge on any atom is -0.466 e. The van der Waals surface area contributed by atoms with Crippen LogP contribution in [-0.2, 0) is 16.0 Å². The van der Waals surface area contributed by atoms with Crippen molar-refractivity contribution in [3.8, 4) is 0 Å². The van der Waals surface area contributed by atoms with Crippen LogP contribution in [0.5, 0.6) is 0 Å². The van der Waals surface area contributed by atoms with Gasteiger partial charge in [-0.25, -0.2) is 0 Å². The monoisotopic (exact) mass is 421 g/mol. The first-order valence-corrected chi connectivity index (χ1v) is 11.1. The molecule has 0 bridgehead atoms. The molecule has 1 fully saturated rings. The van der Waals surface area contributed by atoms with Crippen LogP contribution in [0.2, 0.25) is 0 Å². The van der Waals surface area contributed by atoms with Crippen molar-refractivity contribution in [2.75, 3.05) is 19.7 Å². The number of carbonyl (C=O) groups excluding carboxylic acids is 3. The van der Waals surface area contributed by atoms with Crippen molar-refractivity contribution in [2.45, 2.75) is 46.0 Å². The smallest absolute Gasteiger partial charge is 0.313 e. The second-order valence-corrected chi connectivity index (χ2v) is 8.30. The number of benzene rings is 2. The highest BCUT2D eigenvalue weighted by atomic mass is 16.5. The Morgan fingerprint density at radius 2 is 1.68 bits per heavy atom. The fraction of sp³-hybridized carbons (Fsp3) is 0.423. The molecule has 0 unspecified atom stereocenters. The maximum Gasteiger partial charge on any atom is 0.313 e. The summed E-state index contributed by atoms with van der Waals surface area (Å²) < 4.78 is 5.45. The Balaban J connectivity index is 1.73. The highest BCUT2D eigenvalue weighted by Crippen LogP contribution is 2.37. The Hall–Kier alpha value is -2.95. The number of nitrogens with zero attached hydrogens (tertiary/aromatic N) is 1. The number of likely N-dealkylation sites (tertiary alicyclic amines) is 1. The molecule has 1 heterocycles. The molecule has 2 aromatic rings. The zero-order valence-electron chi connectivity index (χ0n) is 18.4. The van der Waals surface area contributed by atoms with Crippen molar-refractivity contribution in [1.82, 2.24) is 4.90 Å². The summed E-state index contributed by atoms with van der Waals surface area (Å²) in [5, 5.41) is 0. The third kappa shape index (κ3) is 5.60. The van der Waals surface area contributed by atoms with E-state index < -0.39 is 5.41 Å². The number of ether oxygens (including phenoxy) is 1. The largest absolute Gasteiger partial charge is 0.466 e. The summed E-state index contributed by atoms with van der Waals surface area (Å²) in [5.74, 6) is -0.337. The number of hydrogen-bond acceptors (Lipinski definition) is 4. The second kappa shape index (κ2) is 10.4. The number of hydrogen-bond donors (Lipinski definition) is 0. The number of ketones is 1. The first-order valence-electron chi connectivity index (χ1n) is 11.1. The maximum absolute atomic E-state index is 13.1. The summed E-state index contributed by atoms with van der Waals surface area (Å²) in [6.07, 6.45) is 3.93. The second-order valence-electron chi connectivity index (χ2n) is 8.30. The molecule has 5 heteroatoms. The Labute approximate surface area is 184 Å². The molecule has 1 saturated heterocycles. The van der Waals surface area contributed by atoms with Gasteiger partial charge in [0.2, 0.25) is 0 Å². The van der Waals surface area contributed by atoms with E-state index in [0.717, 1.165) is 25.7 Å². The van der Waals surface area contributed by atoms with Gasteiger partial charge in [-0.05, 0) is 63.6 Å². The molecule has 0 radical (unpaired) electrons. The molecule has 1 atom stereocenters. The van der Waals surface area contributed by atoms with Crippen LogP contribution in [0.4, 0.5) is 0 Å². The van der Waals surface area contributed by atoms with Gasteiger partial charge in [0.25, 0.3) is 5.91 Å². The van der Waals surface area contributed by atoms with Gasteiger partial charge in [0.05, 0.1) is 12.0 Å². The van der Waals surface area contributed by atoms with Crippen LogP contribution in [0.3, 0.4) is 0 Å². The zero-order chi connectivity index (χ0) is 22.3. The molecule has 0 aromatic heterocycles. The van der Waals surface area contributed by atoms with Crippen LogP contribution in [0.1, 0.15) is 65.8 Å². The molecule has 2 aromatic carbocycles. The molecule has 1 aliphatic heterocycles. The Kier molecular flexibility index (Phi) is 7.61. The van der Waals surface area contributed by atoms with Gasteiger partial charge < -0.3 is 9.64 Å². The van der Waals surface area contributed by atoms with Crippen LogP contribution in [0, 0.1) is 5.41 Å².